The van der Waals surface area contributed by atoms with E-state index in [0.717, 1.165) is 22.9 Å². The van der Waals surface area contributed by atoms with E-state index in [9.17, 15) is 18.0 Å². The summed E-state index contributed by atoms with van der Waals surface area (Å²) in [6.07, 6.45) is -4.69. The normalized spacial score (nSPS) is 11.5. The third-order valence-corrected chi connectivity index (χ3v) is 3.93. The first kappa shape index (κ1) is 17.1. The van der Waals surface area contributed by atoms with E-state index in [1.54, 1.807) is 0 Å². The van der Waals surface area contributed by atoms with Gasteiger partial charge >= 0.3 is 6.18 Å². The fourth-order valence-corrected chi connectivity index (χ4v) is 2.44. The molecule has 124 valence electrons. The number of nitrogens with one attached hydrogen (secondary N) is 1. The van der Waals surface area contributed by atoms with Crippen LogP contribution in [0.2, 0.25) is 0 Å². The SMILES string of the molecule is Cc1ccccc1CNC(=O)CSc1nnc(C(F)(F)F)n1N. The van der Waals surface area contributed by atoms with E-state index in [1.165, 1.54) is 0 Å². The van der Waals surface area contributed by atoms with Gasteiger partial charge in [-0.05, 0) is 18.1 Å². The second kappa shape index (κ2) is 6.90. The minimum atomic E-state index is -4.69. The van der Waals surface area contributed by atoms with Gasteiger partial charge in [-0.25, -0.2) is 4.68 Å². The van der Waals surface area contributed by atoms with Crippen molar-refractivity contribution in [3.63, 3.8) is 0 Å². The van der Waals surface area contributed by atoms with Gasteiger partial charge in [-0.1, -0.05) is 36.0 Å². The lowest BCUT2D eigenvalue weighted by atomic mass is 10.1. The maximum Gasteiger partial charge on any atom is 0.453 e. The summed E-state index contributed by atoms with van der Waals surface area (Å²) in [4.78, 5) is 11.8. The molecule has 6 nitrogen and oxygen atoms in total. The van der Waals surface area contributed by atoms with Crippen LogP contribution in [0.15, 0.2) is 29.4 Å². The van der Waals surface area contributed by atoms with Crippen molar-refractivity contribution >= 4 is 17.7 Å². The summed E-state index contributed by atoms with van der Waals surface area (Å²) in [5.74, 6) is 3.52. The molecule has 23 heavy (non-hydrogen) atoms. The van der Waals surface area contributed by atoms with Gasteiger partial charge in [0.2, 0.25) is 11.1 Å². The van der Waals surface area contributed by atoms with Gasteiger partial charge in [0.05, 0.1) is 5.75 Å². The van der Waals surface area contributed by atoms with Gasteiger partial charge in [-0.3, -0.25) is 4.79 Å². The molecule has 0 saturated carbocycles. The lowest BCUT2D eigenvalue weighted by Gasteiger charge is -2.08. The molecule has 1 aromatic carbocycles. The van der Waals surface area contributed by atoms with Crippen molar-refractivity contribution in [2.75, 3.05) is 11.6 Å². The predicted molar refractivity (Wildman–Crippen MR) is 78.9 cm³/mol. The Morgan fingerprint density at radius 3 is 2.65 bits per heavy atom. The van der Waals surface area contributed by atoms with Crippen LogP contribution in [-0.4, -0.2) is 26.5 Å². The van der Waals surface area contributed by atoms with Crippen molar-refractivity contribution in [3.05, 3.63) is 41.2 Å². The van der Waals surface area contributed by atoms with E-state index in [0.29, 0.717) is 11.2 Å². The molecule has 0 bridgehead atoms. The van der Waals surface area contributed by atoms with Crippen molar-refractivity contribution in [1.29, 1.82) is 0 Å². The highest BCUT2D eigenvalue weighted by Gasteiger charge is 2.38. The number of carbonyl (C=O) groups is 1. The van der Waals surface area contributed by atoms with E-state index in [1.807, 2.05) is 31.2 Å². The summed E-state index contributed by atoms with van der Waals surface area (Å²) in [7, 11) is 0. The van der Waals surface area contributed by atoms with Gasteiger partial charge in [0, 0.05) is 6.54 Å². The number of aryl methyl sites for hydroxylation is 1. The average molecular weight is 345 g/mol. The van der Waals surface area contributed by atoms with E-state index < -0.39 is 12.0 Å². The van der Waals surface area contributed by atoms with Crippen LogP contribution < -0.4 is 11.2 Å². The molecule has 0 saturated heterocycles. The van der Waals surface area contributed by atoms with Crippen molar-refractivity contribution in [3.8, 4) is 0 Å². The number of hydrogen-bond acceptors (Lipinski definition) is 5. The molecule has 0 atom stereocenters. The lowest BCUT2D eigenvalue weighted by Crippen LogP contribution is -2.25. The van der Waals surface area contributed by atoms with Gasteiger partial charge in [0.1, 0.15) is 0 Å². The van der Waals surface area contributed by atoms with Crippen molar-refractivity contribution in [2.24, 2.45) is 0 Å². The monoisotopic (exact) mass is 345 g/mol. The van der Waals surface area contributed by atoms with Gasteiger partial charge in [0.15, 0.2) is 0 Å². The molecule has 0 aliphatic heterocycles. The van der Waals surface area contributed by atoms with Crippen LogP contribution in [0, 0.1) is 6.92 Å². The lowest BCUT2D eigenvalue weighted by molar-refractivity contribution is -0.146. The number of alkyl halides is 3. The van der Waals surface area contributed by atoms with Gasteiger partial charge in [-0.15, -0.1) is 10.2 Å². The molecule has 10 heteroatoms. The summed E-state index contributed by atoms with van der Waals surface area (Å²) in [6, 6.07) is 7.56. The number of halogens is 3. The van der Waals surface area contributed by atoms with Crippen LogP contribution in [-0.2, 0) is 17.5 Å². The van der Waals surface area contributed by atoms with Crippen LogP contribution in [0.1, 0.15) is 17.0 Å². The van der Waals surface area contributed by atoms with Crippen LogP contribution in [0.25, 0.3) is 0 Å². The highest BCUT2D eigenvalue weighted by Crippen LogP contribution is 2.28. The maximum atomic E-state index is 12.5. The molecule has 0 aliphatic rings. The predicted octanol–water partition coefficient (Wildman–Crippen LogP) is 1.73. The highest BCUT2D eigenvalue weighted by atomic mass is 32.2. The molecule has 0 aliphatic carbocycles. The second-order valence-corrected chi connectivity index (χ2v) is 5.61. The molecule has 0 unspecified atom stereocenters. The van der Waals surface area contributed by atoms with Crippen molar-refractivity contribution < 1.29 is 18.0 Å². The number of amides is 1. The second-order valence-electron chi connectivity index (χ2n) is 4.67. The van der Waals surface area contributed by atoms with Crippen molar-refractivity contribution in [2.45, 2.75) is 24.8 Å². The standard InChI is InChI=1S/C13H14F3N5OS/c1-8-4-2-3-5-9(8)6-18-10(22)7-23-12-20-19-11(21(12)17)13(14,15)16/h2-5H,6-7,17H2,1H3,(H,18,22). The molecule has 0 fully saturated rings. The Hall–Kier alpha value is -2.23. The average Bonchev–Trinajstić information content (AvgIpc) is 2.85. The molecule has 0 spiro atoms. The quantitative estimate of drug-likeness (QED) is 0.637. The largest absolute Gasteiger partial charge is 0.453 e. The number of aromatic nitrogens is 3. The Balaban J connectivity index is 1.88. The number of hydrogen-bond donors (Lipinski definition) is 2. The number of thioether (sulfide) groups is 1. The maximum absolute atomic E-state index is 12.5. The number of nitrogens with two attached hydrogens (primary N) is 1. The Morgan fingerprint density at radius 1 is 1.35 bits per heavy atom. The smallest absolute Gasteiger partial charge is 0.351 e. The third kappa shape index (κ3) is 4.38. The molecule has 0 radical (unpaired) electrons. The summed E-state index contributed by atoms with van der Waals surface area (Å²) in [5, 5.41) is 8.83. The number of nitrogens with zero attached hydrogens (tertiary/aromatic N) is 3. The van der Waals surface area contributed by atoms with Crippen LogP contribution >= 0.6 is 11.8 Å². The molecule has 2 rings (SSSR count). The van der Waals surface area contributed by atoms with E-state index >= 15 is 0 Å². The minimum Gasteiger partial charge on any atom is -0.351 e. The first-order chi connectivity index (χ1) is 10.8. The van der Waals surface area contributed by atoms with Crippen LogP contribution in [0.4, 0.5) is 13.2 Å². The Morgan fingerprint density at radius 2 is 2.04 bits per heavy atom. The molecular formula is C13H14F3N5OS. The van der Waals surface area contributed by atoms with Crippen molar-refractivity contribution in [1.82, 2.24) is 20.2 Å². The molecule has 1 aromatic heterocycles. The summed E-state index contributed by atoms with van der Waals surface area (Å²) < 4.78 is 37.9. The minimum absolute atomic E-state index is 0.112. The number of carbonyl (C=O) groups excluding carboxylic acids is 1. The molecule has 3 N–H and O–H groups in total. The van der Waals surface area contributed by atoms with E-state index in [2.05, 4.69) is 15.5 Å². The fourth-order valence-electron chi connectivity index (χ4n) is 1.75. The van der Waals surface area contributed by atoms with Crippen LogP contribution in [0.3, 0.4) is 0 Å². The summed E-state index contributed by atoms with van der Waals surface area (Å²) in [5.41, 5.74) is 2.00. The topological polar surface area (TPSA) is 85.8 Å². The molecular weight excluding hydrogens is 331 g/mol. The zero-order valence-electron chi connectivity index (χ0n) is 12.1. The first-order valence-corrected chi connectivity index (χ1v) is 7.49. The first-order valence-electron chi connectivity index (χ1n) is 6.50. The fraction of sp³-hybridized carbons (Fsp3) is 0.308. The van der Waals surface area contributed by atoms with Crippen LogP contribution in [0.5, 0.6) is 0 Å². The molecule has 1 amide bonds. The van der Waals surface area contributed by atoms with E-state index in [4.69, 9.17) is 5.84 Å². The Labute approximate surface area is 134 Å². The van der Waals surface area contributed by atoms with Gasteiger partial charge in [-0.2, -0.15) is 13.2 Å². The Kier molecular flexibility index (Phi) is 5.14. The summed E-state index contributed by atoms with van der Waals surface area (Å²) in [6.45, 7) is 2.26. The number of nitrogen functional groups attached to an aromatic ring is 1. The number of benzene rings is 1. The molecule has 2 aromatic rings. The van der Waals surface area contributed by atoms with E-state index in [-0.39, 0.29) is 16.8 Å². The number of rotatable bonds is 5. The Bertz CT molecular complexity index is 701. The van der Waals surface area contributed by atoms with Gasteiger partial charge in [0.25, 0.3) is 5.82 Å². The zero-order chi connectivity index (χ0) is 17.0. The molecule has 1 heterocycles. The van der Waals surface area contributed by atoms with Gasteiger partial charge < -0.3 is 11.2 Å². The zero-order valence-corrected chi connectivity index (χ0v) is 12.9. The summed E-state index contributed by atoms with van der Waals surface area (Å²) >= 11 is 0.784. The third-order valence-electron chi connectivity index (χ3n) is 2.99. The highest BCUT2D eigenvalue weighted by molar-refractivity contribution is 7.99.